The molecule has 2 aliphatic rings. The Kier molecular flexibility index (Phi) is 4.33. The molecule has 0 N–H and O–H groups in total. The highest BCUT2D eigenvalue weighted by molar-refractivity contribution is 6.36. The van der Waals surface area contributed by atoms with Gasteiger partial charge in [0.15, 0.2) is 0 Å². The quantitative estimate of drug-likeness (QED) is 0.594. The molecule has 0 bridgehead atoms. The minimum Gasteiger partial charge on any atom is -0.267 e. The van der Waals surface area contributed by atoms with Gasteiger partial charge in [0.2, 0.25) is 0 Å². The van der Waals surface area contributed by atoms with Crippen molar-refractivity contribution in [3.05, 3.63) is 71.8 Å². The number of carbonyl (C=O) groups is 2. The predicted octanol–water partition coefficient (Wildman–Crippen LogP) is 4.49. The highest BCUT2D eigenvalue weighted by Gasteiger charge is 2.44. The Morgan fingerprint density at radius 3 is 1.77 bits per heavy atom. The average Bonchev–Trinajstić information content (AvgIpc) is 2.93. The normalized spacial score (nSPS) is 20.9. The van der Waals surface area contributed by atoms with Gasteiger partial charge in [0.25, 0.3) is 11.8 Å². The minimum absolute atomic E-state index is 0.214. The van der Waals surface area contributed by atoms with Crippen molar-refractivity contribution in [2.75, 3.05) is 10.0 Å². The van der Waals surface area contributed by atoms with Crippen LogP contribution in [0.1, 0.15) is 32.6 Å². The third-order valence-corrected chi connectivity index (χ3v) is 5.14. The molecule has 2 aromatic carbocycles. The summed E-state index contributed by atoms with van der Waals surface area (Å²) in [6, 6.07) is 18.8. The second-order valence-electron chi connectivity index (χ2n) is 7.09. The van der Waals surface area contributed by atoms with Gasteiger partial charge in [0.05, 0.1) is 11.4 Å². The van der Waals surface area contributed by atoms with E-state index < -0.39 is 0 Å². The van der Waals surface area contributed by atoms with Gasteiger partial charge in [-0.15, -0.1) is 0 Å². The summed E-state index contributed by atoms with van der Waals surface area (Å²) >= 11 is 0. The van der Waals surface area contributed by atoms with Crippen molar-refractivity contribution in [2.45, 2.75) is 32.6 Å². The van der Waals surface area contributed by atoms with Crippen LogP contribution in [0.25, 0.3) is 0 Å². The van der Waals surface area contributed by atoms with Gasteiger partial charge in [-0.1, -0.05) is 55.3 Å². The summed E-state index contributed by atoms with van der Waals surface area (Å²) in [5.74, 6) is 0.0890. The second-order valence-corrected chi connectivity index (χ2v) is 7.09. The molecule has 2 aromatic rings. The molecule has 1 saturated heterocycles. The van der Waals surface area contributed by atoms with Crippen LogP contribution in [-0.2, 0) is 9.59 Å². The number of amides is 2. The maximum atomic E-state index is 13.3. The summed E-state index contributed by atoms with van der Waals surface area (Å²) in [5, 5.41) is 3.03. The zero-order valence-electron chi connectivity index (χ0n) is 14.9. The van der Waals surface area contributed by atoms with Crippen LogP contribution in [0.3, 0.4) is 0 Å². The van der Waals surface area contributed by atoms with Gasteiger partial charge in [-0.05, 0) is 49.4 Å². The number of allylic oxidation sites excluding steroid dienone is 1. The van der Waals surface area contributed by atoms with E-state index in [1.54, 1.807) is 0 Å². The Morgan fingerprint density at radius 2 is 1.31 bits per heavy atom. The lowest BCUT2D eigenvalue weighted by molar-refractivity contribution is -0.116. The van der Waals surface area contributed by atoms with Crippen LogP contribution in [0, 0.1) is 5.92 Å². The van der Waals surface area contributed by atoms with Gasteiger partial charge in [-0.25, -0.2) is 10.0 Å². The van der Waals surface area contributed by atoms with Crippen LogP contribution in [0.2, 0.25) is 0 Å². The molecule has 1 aliphatic heterocycles. The van der Waals surface area contributed by atoms with Gasteiger partial charge in [-0.2, -0.15) is 0 Å². The molecule has 0 spiro atoms. The van der Waals surface area contributed by atoms with E-state index in [1.165, 1.54) is 10.0 Å². The Bertz CT molecular complexity index is 799. The summed E-state index contributed by atoms with van der Waals surface area (Å²) in [4.78, 5) is 26.6. The molecule has 0 radical (unpaired) electrons. The Hall–Kier alpha value is -2.88. The SMILES string of the molecule is CC1CCCC(=C2C(=O)N(c3ccccc3)N(c3ccccc3)C2=O)C1. The number of carbonyl (C=O) groups excluding carboxylic acids is 2. The van der Waals surface area contributed by atoms with Gasteiger partial charge < -0.3 is 0 Å². The van der Waals surface area contributed by atoms with E-state index in [0.29, 0.717) is 22.9 Å². The molecule has 1 atom stereocenters. The molecule has 2 fully saturated rings. The number of anilines is 2. The van der Waals surface area contributed by atoms with Crippen molar-refractivity contribution in [1.82, 2.24) is 0 Å². The second kappa shape index (κ2) is 6.79. The van der Waals surface area contributed by atoms with E-state index in [-0.39, 0.29) is 11.8 Å². The van der Waals surface area contributed by atoms with Crippen LogP contribution in [0.15, 0.2) is 71.8 Å². The molecular weight excluding hydrogens is 324 g/mol. The Morgan fingerprint density at radius 1 is 0.808 bits per heavy atom. The first kappa shape index (κ1) is 16.6. The fraction of sp³-hybridized carbons (Fsp3) is 0.273. The first-order chi connectivity index (χ1) is 12.7. The molecule has 4 nitrogen and oxygen atoms in total. The smallest absolute Gasteiger partial charge is 0.267 e. The maximum Gasteiger partial charge on any atom is 0.283 e. The zero-order valence-corrected chi connectivity index (χ0v) is 14.9. The molecule has 1 aliphatic carbocycles. The standard InChI is InChI=1S/C22H22N2O2/c1-16-9-8-10-17(15-16)20-21(25)23(18-11-4-2-5-12-18)24(22(20)26)19-13-6-3-7-14-19/h2-7,11-14,16H,8-10,15H2,1H3. The van der Waals surface area contributed by atoms with Crippen LogP contribution in [0.4, 0.5) is 11.4 Å². The van der Waals surface area contributed by atoms with E-state index in [4.69, 9.17) is 0 Å². The monoisotopic (exact) mass is 346 g/mol. The molecule has 4 heteroatoms. The fourth-order valence-corrected chi connectivity index (χ4v) is 3.91. The number of para-hydroxylation sites is 2. The number of rotatable bonds is 2. The van der Waals surface area contributed by atoms with E-state index in [0.717, 1.165) is 31.3 Å². The number of hydrogen-bond acceptors (Lipinski definition) is 2. The van der Waals surface area contributed by atoms with Gasteiger partial charge >= 0.3 is 0 Å². The van der Waals surface area contributed by atoms with Crippen molar-refractivity contribution in [1.29, 1.82) is 0 Å². The summed E-state index contributed by atoms with van der Waals surface area (Å²) in [7, 11) is 0. The number of nitrogens with zero attached hydrogens (tertiary/aromatic N) is 2. The first-order valence-corrected chi connectivity index (χ1v) is 9.17. The van der Waals surface area contributed by atoms with Crippen molar-refractivity contribution in [3.63, 3.8) is 0 Å². The van der Waals surface area contributed by atoms with Crippen molar-refractivity contribution >= 4 is 23.2 Å². The van der Waals surface area contributed by atoms with Crippen molar-refractivity contribution < 1.29 is 9.59 Å². The molecular formula is C22H22N2O2. The topological polar surface area (TPSA) is 40.6 Å². The number of hydrogen-bond donors (Lipinski definition) is 0. The minimum atomic E-state index is -0.214. The van der Waals surface area contributed by atoms with E-state index in [1.807, 2.05) is 60.7 Å². The van der Waals surface area contributed by atoms with Crippen molar-refractivity contribution in [3.8, 4) is 0 Å². The highest BCUT2D eigenvalue weighted by Crippen LogP contribution is 2.37. The predicted molar refractivity (Wildman–Crippen MR) is 103 cm³/mol. The van der Waals surface area contributed by atoms with Crippen molar-refractivity contribution in [2.24, 2.45) is 5.92 Å². The van der Waals surface area contributed by atoms with Crippen LogP contribution >= 0.6 is 0 Å². The number of benzene rings is 2. The van der Waals surface area contributed by atoms with Crippen LogP contribution in [0.5, 0.6) is 0 Å². The lowest BCUT2D eigenvalue weighted by Gasteiger charge is -2.27. The first-order valence-electron chi connectivity index (χ1n) is 9.17. The molecule has 4 rings (SSSR count). The largest absolute Gasteiger partial charge is 0.283 e. The third-order valence-electron chi connectivity index (χ3n) is 5.14. The molecule has 132 valence electrons. The number of hydrazine groups is 1. The summed E-state index contributed by atoms with van der Waals surface area (Å²) in [5.41, 5.74) is 2.78. The van der Waals surface area contributed by atoms with E-state index >= 15 is 0 Å². The molecule has 1 unspecified atom stereocenters. The van der Waals surface area contributed by atoms with Gasteiger partial charge in [0, 0.05) is 0 Å². The Labute approximate surface area is 153 Å². The summed E-state index contributed by atoms with van der Waals surface area (Å²) in [6.07, 6.45) is 3.86. The summed E-state index contributed by atoms with van der Waals surface area (Å²) < 4.78 is 0. The molecule has 2 amide bonds. The zero-order chi connectivity index (χ0) is 18.1. The van der Waals surface area contributed by atoms with Crippen LogP contribution in [-0.4, -0.2) is 11.8 Å². The third kappa shape index (κ3) is 2.81. The van der Waals surface area contributed by atoms with Crippen LogP contribution < -0.4 is 10.0 Å². The van der Waals surface area contributed by atoms with E-state index in [9.17, 15) is 9.59 Å². The fourth-order valence-electron chi connectivity index (χ4n) is 3.91. The summed E-state index contributed by atoms with van der Waals surface area (Å²) in [6.45, 7) is 2.19. The molecule has 26 heavy (non-hydrogen) atoms. The Balaban J connectivity index is 1.84. The highest BCUT2D eigenvalue weighted by atomic mass is 16.2. The molecule has 1 heterocycles. The van der Waals surface area contributed by atoms with Gasteiger partial charge in [-0.3, -0.25) is 9.59 Å². The lowest BCUT2D eigenvalue weighted by Crippen LogP contribution is -2.41. The van der Waals surface area contributed by atoms with Gasteiger partial charge in [0.1, 0.15) is 5.57 Å². The van der Waals surface area contributed by atoms with E-state index in [2.05, 4.69) is 6.92 Å². The average molecular weight is 346 g/mol. The molecule has 1 saturated carbocycles. The maximum absolute atomic E-state index is 13.3. The lowest BCUT2D eigenvalue weighted by atomic mass is 9.84. The molecule has 0 aromatic heterocycles.